The predicted molar refractivity (Wildman–Crippen MR) is 249 cm³/mol. The molecule has 2 aromatic heterocycles. The van der Waals surface area contributed by atoms with Crippen molar-refractivity contribution in [3.8, 4) is 27.9 Å². The molecule has 0 aliphatic carbocycles. The van der Waals surface area contributed by atoms with Crippen LogP contribution in [0.1, 0.15) is 15.1 Å². The third-order valence-electron chi connectivity index (χ3n) is 11.2. The van der Waals surface area contributed by atoms with Crippen LogP contribution in [0, 0.1) is 0 Å². The lowest BCUT2D eigenvalue weighted by Crippen LogP contribution is -2.11. The Labute approximate surface area is 356 Å². The molecule has 276 valence electrons. The standard InChI is InChI=1S/C56H36N2O/c1-3-16-43-37(13-1)15-11-21-44(43)39-27-30-40(31-28-39)57(41-32-34-42(35-33-41)58-53-25-9-5-18-46(53)47-19-6-10-26-54(47)58)52-24-8-7-20-48(52)49-22-12-23-50-51-36-29-38-14-2-4-17-45(38)55(51)59-56(49)50/h1-36H/i1D,3D,11D,13D,15D,16D,21D,27D,28D,30D,31D. The molecule has 0 spiro atoms. The average Bonchev–Trinajstić information content (AvgIpc) is 3.95. The van der Waals surface area contributed by atoms with Gasteiger partial charge in [0.25, 0.3) is 0 Å². The van der Waals surface area contributed by atoms with Gasteiger partial charge in [-0.1, -0.05) is 158 Å². The van der Waals surface area contributed by atoms with E-state index in [0.29, 0.717) is 28.1 Å². The number of anilines is 3. The second kappa shape index (κ2) is 13.4. The minimum Gasteiger partial charge on any atom is -0.455 e. The molecule has 3 heteroatoms. The normalized spacial score (nSPS) is 14.3. The number of rotatable bonds is 6. The molecule has 0 aliphatic rings. The predicted octanol–water partition coefficient (Wildman–Crippen LogP) is 15.8. The zero-order valence-corrected chi connectivity index (χ0v) is 31.2. The van der Waals surface area contributed by atoms with Crippen molar-refractivity contribution in [2.75, 3.05) is 4.90 Å². The molecular formula is C56H36N2O. The molecule has 0 aliphatic heterocycles. The van der Waals surface area contributed by atoms with E-state index in [2.05, 4.69) is 34.9 Å². The Balaban J connectivity index is 1.13. The van der Waals surface area contributed by atoms with Crippen molar-refractivity contribution >= 4 is 82.4 Å². The summed E-state index contributed by atoms with van der Waals surface area (Å²) in [6, 6.07) is 42.8. The van der Waals surface area contributed by atoms with Crippen molar-refractivity contribution in [3.05, 3.63) is 218 Å². The highest BCUT2D eigenvalue weighted by Gasteiger charge is 2.22. The van der Waals surface area contributed by atoms with Gasteiger partial charge in [-0.15, -0.1) is 0 Å². The molecule has 0 radical (unpaired) electrons. The van der Waals surface area contributed by atoms with Gasteiger partial charge in [0.2, 0.25) is 0 Å². The van der Waals surface area contributed by atoms with Crippen LogP contribution < -0.4 is 4.90 Å². The molecule has 3 nitrogen and oxygen atoms in total. The molecule has 2 heterocycles. The smallest absolute Gasteiger partial charge is 0.143 e. The van der Waals surface area contributed by atoms with E-state index >= 15 is 0 Å². The van der Waals surface area contributed by atoms with E-state index < -0.39 is 77.6 Å². The van der Waals surface area contributed by atoms with Crippen LogP contribution in [-0.2, 0) is 0 Å². The zero-order chi connectivity index (χ0) is 48.4. The molecule has 59 heavy (non-hydrogen) atoms. The molecule has 12 rings (SSSR count). The highest BCUT2D eigenvalue weighted by atomic mass is 16.3. The molecule has 0 bridgehead atoms. The Hall–Kier alpha value is -7.88. The highest BCUT2D eigenvalue weighted by Crippen LogP contribution is 2.46. The Bertz CT molecular complexity index is 4130. The van der Waals surface area contributed by atoms with Crippen LogP contribution >= 0.6 is 0 Å². The summed E-state index contributed by atoms with van der Waals surface area (Å²) < 4.78 is 109. The first-order chi connectivity index (χ1) is 33.9. The van der Waals surface area contributed by atoms with Crippen molar-refractivity contribution in [1.82, 2.24) is 4.57 Å². The first-order valence-electron chi connectivity index (χ1n) is 24.8. The number of nitrogens with zero attached hydrogens (tertiary/aromatic N) is 2. The van der Waals surface area contributed by atoms with Gasteiger partial charge in [0.05, 0.1) is 31.8 Å². The lowest BCUT2D eigenvalue weighted by atomic mass is 9.97. The number of aromatic nitrogens is 1. The summed E-state index contributed by atoms with van der Waals surface area (Å²) in [5.41, 5.74) is 5.57. The number of benzene rings is 10. The van der Waals surface area contributed by atoms with Gasteiger partial charge < -0.3 is 13.9 Å². The summed E-state index contributed by atoms with van der Waals surface area (Å²) in [6.07, 6.45) is 0. The van der Waals surface area contributed by atoms with Gasteiger partial charge in [0, 0.05) is 55.1 Å². The molecule has 10 aromatic carbocycles. The first kappa shape index (κ1) is 24.0. The highest BCUT2D eigenvalue weighted by molar-refractivity contribution is 6.18. The topological polar surface area (TPSA) is 21.3 Å². The number of furan rings is 1. The van der Waals surface area contributed by atoms with Crippen molar-refractivity contribution in [2.24, 2.45) is 0 Å². The van der Waals surface area contributed by atoms with Gasteiger partial charge >= 0.3 is 0 Å². The fraction of sp³-hybridized carbons (Fsp3) is 0. The average molecular weight is 764 g/mol. The second-order valence-corrected chi connectivity index (χ2v) is 14.4. The minimum atomic E-state index is -0.680. The quantitative estimate of drug-likeness (QED) is 0.168. The van der Waals surface area contributed by atoms with Crippen molar-refractivity contribution in [1.29, 1.82) is 0 Å². The fourth-order valence-electron chi connectivity index (χ4n) is 8.52. The SMILES string of the molecule is [2H]c1c([2H])c(N(c2ccc(-n3c4ccccc4c4ccccc43)cc2)c2ccccc2-c2cccc3c2oc2c4ccccc4ccc32)c([2H])c([2H])c1-c1c([2H])c([2H])c([2H])c2c([2H])c([2H])c([2H])c([2H])c12. The van der Waals surface area contributed by atoms with E-state index in [1.807, 2.05) is 121 Å². The molecule has 0 unspecified atom stereocenters. The Morgan fingerprint density at radius 2 is 1.03 bits per heavy atom. The summed E-state index contributed by atoms with van der Waals surface area (Å²) in [6.45, 7) is 0. The van der Waals surface area contributed by atoms with E-state index in [1.54, 1.807) is 4.90 Å². The third kappa shape index (κ3) is 5.29. The van der Waals surface area contributed by atoms with Crippen LogP contribution in [0.3, 0.4) is 0 Å². The second-order valence-electron chi connectivity index (χ2n) is 14.4. The maximum Gasteiger partial charge on any atom is 0.143 e. The lowest BCUT2D eigenvalue weighted by molar-refractivity contribution is 0.674. The molecule has 12 aromatic rings. The Morgan fingerprint density at radius 3 is 1.85 bits per heavy atom. The molecule has 0 N–H and O–H groups in total. The molecule has 0 amide bonds. The largest absolute Gasteiger partial charge is 0.455 e. The summed E-state index contributed by atoms with van der Waals surface area (Å²) in [7, 11) is 0. The summed E-state index contributed by atoms with van der Waals surface area (Å²) in [5.74, 6) is 0. The number of hydrogen-bond donors (Lipinski definition) is 0. The van der Waals surface area contributed by atoms with Crippen LogP contribution in [0.2, 0.25) is 0 Å². The van der Waals surface area contributed by atoms with Crippen LogP contribution in [0.5, 0.6) is 0 Å². The Morgan fingerprint density at radius 1 is 0.390 bits per heavy atom. The van der Waals surface area contributed by atoms with Gasteiger partial charge in [-0.3, -0.25) is 0 Å². The van der Waals surface area contributed by atoms with Crippen LogP contribution in [0.15, 0.2) is 223 Å². The summed E-state index contributed by atoms with van der Waals surface area (Å²) in [5, 5.41) is 5.28. The maximum absolute atomic E-state index is 9.84. The van der Waals surface area contributed by atoms with Gasteiger partial charge in [0.15, 0.2) is 0 Å². The van der Waals surface area contributed by atoms with Gasteiger partial charge in [-0.05, 0) is 87.9 Å². The van der Waals surface area contributed by atoms with Gasteiger partial charge in [0.1, 0.15) is 11.2 Å². The minimum absolute atomic E-state index is 0.139. The number of hydrogen-bond acceptors (Lipinski definition) is 2. The van der Waals surface area contributed by atoms with Crippen LogP contribution in [-0.4, -0.2) is 4.57 Å². The van der Waals surface area contributed by atoms with Crippen molar-refractivity contribution in [2.45, 2.75) is 0 Å². The number of fused-ring (bicyclic) bond motifs is 9. The van der Waals surface area contributed by atoms with Crippen molar-refractivity contribution < 1.29 is 19.5 Å². The van der Waals surface area contributed by atoms with Crippen LogP contribution in [0.4, 0.5) is 17.1 Å². The first-order valence-corrected chi connectivity index (χ1v) is 19.3. The molecule has 0 fully saturated rings. The summed E-state index contributed by atoms with van der Waals surface area (Å²) >= 11 is 0. The van der Waals surface area contributed by atoms with E-state index in [1.165, 1.54) is 0 Å². The molecule has 0 saturated heterocycles. The summed E-state index contributed by atoms with van der Waals surface area (Å²) in [4.78, 5) is 1.68. The molecular weight excluding hydrogens is 717 g/mol. The van der Waals surface area contributed by atoms with Gasteiger partial charge in [-0.25, -0.2) is 0 Å². The van der Waals surface area contributed by atoms with Gasteiger partial charge in [-0.2, -0.15) is 0 Å². The lowest BCUT2D eigenvalue weighted by Gasteiger charge is -2.28. The van der Waals surface area contributed by atoms with E-state index in [0.717, 1.165) is 54.6 Å². The third-order valence-corrected chi connectivity index (χ3v) is 11.2. The van der Waals surface area contributed by atoms with E-state index in [-0.39, 0.29) is 16.5 Å². The Kier molecular flexibility index (Phi) is 5.44. The monoisotopic (exact) mass is 763 g/mol. The fourth-order valence-corrected chi connectivity index (χ4v) is 8.52. The van der Waals surface area contributed by atoms with E-state index in [4.69, 9.17) is 14.0 Å². The van der Waals surface area contributed by atoms with Crippen LogP contribution in [0.25, 0.3) is 93.2 Å². The van der Waals surface area contributed by atoms with Crippen molar-refractivity contribution in [3.63, 3.8) is 0 Å². The molecule has 0 atom stereocenters. The number of para-hydroxylation sites is 4. The van der Waals surface area contributed by atoms with E-state index in [9.17, 15) is 5.48 Å². The zero-order valence-electron chi connectivity index (χ0n) is 42.2. The molecule has 0 saturated carbocycles. The maximum atomic E-state index is 9.84.